The van der Waals surface area contributed by atoms with E-state index < -0.39 is 5.41 Å². The summed E-state index contributed by atoms with van der Waals surface area (Å²) >= 11 is 3.58. The second-order valence-corrected chi connectivity index (χ2v) is 10.9. The van der Waals surface area contributed by atoms with Crippen LogP contribution in [0.5, 0.6) is 5.75 Å². The van der Waals surface area contributed by atoms with Gasteiger partial charge in [-0.1, -0.05) is 48.8 Å². The maximum Gasteiger partial charge on any atom is 0.410 e. The summed E-state index contributed by atoms with van der Waals surface area (Å²) in [5.41, 5.74) is 3.46. The number of fused-ring (bicyclic) bond motifs is 3. The van der Waals surface area contributed by atoms with Crippen LogP contribution < -0.4 is 4.74 Å². The molecule has 2 heterocycles. The first-order valence-corrected chi connectivity index (χ1v) is 12.7. The van der Waals surface area contributed by atoms with Gasteiger partial charge in [-0.2, -0.15) is 0 Å². The van der Waals surface area contributed by atoms with Crippen LogP contribution in [0.4, 0.5) is 4.79 Å². The van der Waals surface area contributed by atoms with Crippen molar-refractivity contribution >= 4 is 32.9 Å². The second-order valence-electron chi connectivity index (χ2n) is 10.0. The first-order chi connectivity index (χ1) is 16.7. The molecule has 1 aliphatic rings. The van der Waals surface area contributed by atoms with Crippen LogP contribution >= 0.6 is 15.9 Å². The Kier molecular flexibility index (Phi) is 7.73. The zero-order valence-corrected chi connectivity index (χ0v) is 22.0. The SMILES string of the molecule is CC(C)COC(=O)N1CCc2c([nH]c3ccc(Br)cc23)C1c1ccc(OCC(C)(CO)CO)cc1. The highest BCUT2D eigenvalue weighted by atomic mass is 79.9. The van der Waals surface area contributed by atoms with Crippen molar-refractivity contribution in [3.8, 4) is 5.75 Å². The first-order valence-electron chi connectivity index (χ1n) is 11.9. The number of H-pyrrole nitrogens is 1. The number of rotatable bonds is 8. The Morgan fingerprint density at radius 2 is 1.91 bits per heavy atom. The lowest BCUT2D eigenvalue weighted by molar-refractivity contribution is 0.0287. The number of carbonyl (C=O) groups excluding carboxylic acids is 1. The molecule has 0 bridgehead atoms. The number of nitrogens with zero attached hydrogens (tertiary/aromatic N) is 1. The number of hydrogen-bond donors (Lipinski definition) is 3. The fourth-order valence-electron chi connectivity index (χ4n) is 4.27. The minimum Gasteiger partial charge on any atom is -0.493 e. The van der Waals surface area contributed by atoms with Gasteiger partial charge in [0, 0.05) is 33.0 Å². The highest BCUT2D eigenvalue weighted by Gasteiger charge is 2.35. The van der Waals surface area contributed by atoms with Crippen molar-refractivity contribution in [1.29, 1.82) is 0 Å². The quantitative estimate of drug-likeness (QED) is 0.369. The largest absolute Gasteiger partial charge is 0.493 e. The van der Waals surface area contributed by atoms with Gasteiger partial charge in [0.2, 0.25) is 0 Å². The van der Waals surface area contributed by atoms with Crippen molar-refractivity contribution in [2.75, 3.05) is 33.0 Å². The summed E-state index contributed by atoms with van der Waals surface area (Å²) in [7, 11) is 0. The van der Waals surface area contributed by atoms with E-state index in [-0.39, 0.29) is 37.9 Å². The summed E-state index contributed by atoms with van der Waals surface area (Å²) in [4.78, 5) is 18.5. The van der Waals surface area contributed by atoms with E-state index >= 15 is 0 Å². The lowest BCUT2D eigenvalue weighted by atomic mass is 9.92. The third-order valence-corrected chi connectivity index (χ3v) is 6.90. The maximum atomic E-state index is 13.1. The molecule has 0 aliphatic carbocycles. The maximum absolute atomic E-state index is 13.1. The number of aliphatic hydroxyl groups is 2. The molecule has 1 amide bonds. The highest BCUT2D eigenvalue weighted by Crippen LogP contribution is 2.40. The minimum absolute atomic E-state index is 0.170. The molecule has 1 unspecified atom stereocenters. The minimum atomic E-state index is -0.716. The van der Waals surface area contributed by atoms with Crippen LogP contribution in [-0.2, 0) is 11.2 Å². The summed E-state index contributed by atoms with van der Waals surface area (Å²) in [6.07, 6.45) is 0.414. The van der Waals surface area contributed by atoms with Gasteiger partial charge >= 0.3 is 6.09 Å². The third kappa shape index (κ3) is 5.50. The Morgan fingerprint density at radius 3 is 2.57 bits per heavy atom. The fourth-order valence-corrected chi connectivity index (χ4v) is 4.63. The van der Waals surface area contributed by atoms with E-state index in [9.17, 15) is 15.0 Å². The summed E-state index contributed by atoms with van der Waals surface area (Å²) < 4.78 is 12.5. The van der Waals surface area contributed by atoms with Crippen molar-refractivity contribution in [2.24, 2.45) is 11.3 Å². The van der Waals surface area contributed by atoms with E-state index in [1.165, 1.54) is 5.56 Å². The number of hydrogen-bond acceptors (Lipinski definition) is 5. The molecule has 1 aliphatic heterocycles. The zero-order valence-electron chi connectivity index (χ0n) is 20.4. The molecule has 1 aromatic heterocycles. The molecule has 4 rings (SSSR count). The molecule has 2 aromatic carbocycles. The molecule has 7 nitrogen and oxygen atoms in total. The number of aromatic nitrogens is 1. The molecule has 0 radical (unpaired) electrons. The molecule has 188 valence electrons. The van der Waals surface area contributed by atoms with Crippen LogP contribution in [0.3, 0.4) is 0 Å². The average Bonchev–Trinajstić information content (AvgIpc) is 3.23. The van der Waals surface area contributed by atoms with Crippen molar-refractivity contribution in [3.05, 3.63) is 63.8 Å². The number of aromatic amines is 1. The molecule has 3 aromatic rings. The van der Waals surface area contributed by atoms with Gasteiger partial charge in [-0.25, -0.2) is 4.79 Å². The van der Waals surface area contributed by atoms with Gasteiger partial charge < -0.3 is 24.7 Å². The highest BCUT2D eigenvalue weighted by molar-refractivity contribution is 9.10. The van der Waals surface area contributed by atoms with Gasteiger partial charge in [-0.3, -0.25) is 4.90 Å². The molecular weight excluding hydrogens is 512 g/mol. The van der Waals surface area contributed by atoms with Gasteiger partial charge in [0.1, 0.15) is 11.8 Å². The summed E-state index contributed by atoms with van der Waals surface area (Å²) in [6.45, 7) is 6.58. The number of amides is 1. The number of aliphatic hydroxyl groups excluding tert-OH is 2. The van der Waals surface area contributed by atoms with E-state index in [0.29, 0.717) is 18.9 Å². The smallest absolute Gasteiger partial charge is 0.410 e. The van der Waals surface area contributed by atoms with Crippen molar-refractivity contribution in [2.45, 2.75) is 33.2 Å². The Bertz CT molecular complexity index is 1170. The fraction of sp³-hybridized carbons (Fsp3) is 0.444. The third-order valence-electron chi connectivity index (χ3n) is 6.41. The first kappa shape index (κ1) is 25.5. The van der Waals surface area contributed by atoms with Crippen LogP contribution in [0.2, 0.25) is 0 Å². The number of nitrogens with one attached hydrogen (secondary N) is 1. The van der Waals surface area contributed by atoms with E-state index in [1.54, 1.807) is 11.8 Å². The van der Waals surface area contributed by atoms with Crippen LogP contribution in [0, 0.1) is 11.3 Å². The molecule has 0 fully saturated rings. The molecular formula is C27H33BrN2O5. The van der Waals surface area contributed by atoms with E-state index in [2.05, 4.69) is 27.0 Å². The molecule has 0 saturated carbocycles. The summed E-state index contributed by atoms with van der Waals surface area (Å²) in [5.74, 6) is 0.885. The number of ether oxygens (including phenoxy) is 2. The number of benzene rings is 2. The molecule has 35 heavy (non-hydrogen) atoms. The van der Waals surface area contributed by atoms with Crippen molar-refractivity contribution in [1.82, 2.24) is 9.88 Å². The predicted molar refractivity (Wildman–Crippen MR) is 139 cm³/mol. The van der Waals surface area contributed by atoms with Crippen LogP contribution in [0.25, 0.3) is 10.9 Å². The van der Waals surface area contributed by atoms with Crippen LogP contribution in [0.15, 0.2) is 46.9 Å². The van der Waals surface area contributed by atoms with Gasteiger partial charge in [-0.05, 0) is 53.8 Å². The normalized spacial score (nSPS) is 16.0. The van der Waals surface area contributed by atoms with E-state index in [4.69, 9.17) is 9.47 Å². The topological polar surface area (TPSA) is 95.0 Å². The van der Waals surface area contributed by atoms with Gasteiger partial charge in [-0.15, -0.1) is 0 Å². The Hall–Kier alpha value is -2.55. The van der Waals surface area contributed by atoms with Gasteiger partial charge in [0.25, 0.3) is 0 Å². The van der Waals surface area contributed by atoms with Gasteiger partial charge in [0.15, 0.2) is 0 Å². The number of carbonyl (C=O) groups is 1. The zero-order chi connectivity index (χ0) is 25.2. The standard InChI is InChI=1S/C27H33BrN2O5/c1-17(2)13-34-26(33)30-11-10-21-22-12-19(28)6-9-23(22)29-24(21)25(30)18-4-7-20(8-5-18)35-16-27(3,14-31)15-32/h4-9,12,17,25,29,31-32H,10-11,13-16H2,1-3H3. The number of halogens is 1. The molecule has 1 atom stereocenters. The monoisotopic (exact) mass is 544 g/mol. The lowest BCUT2D eigenvalue weighted by Gasteiger charge is -2.35. The van der Waals surface area contributed by atoms with E-state index in [0.717, 1.165) is 33.1 Å². The molecule has 8 heteroatoms. The molecule has 3 N–H and O–H groups in total. The molecule has 0 spiro atoms. The predicted octanol–water partition coefficient (Wildman–Crippen LogP) is 5.04. The van der Waals surface area contributed by atoms with Crippen LogP contribution in [-0.4, -0.2) is 59.2 Å². The van der Waals surface area contributed by atoms with E-state index in [1.807, 2.05) is 50.2 Å². The Morgan fingerprint density at radius 1 is 1.20 bits per heavy atom. The molecule has 0 saturated heterocycles. The van der Waals surface area contributed by atoms with Gasteiger partial charge in [0.05, 0.1) is 26.4 Å². The van der Waals surface area contributed by atoms with Crippen LogP contribution in [0.1, 0.15) is 43.6 Å². The average molecular weight is 545 g/mol. The Labute approximate surface area is 214 Å². The summed E-state index contributed by atoms with van der Waals surface area (Å²) in [6, 6.07) is 13.5. The van der Waals surface area contributed by atoms with Crippen molar-refractivity contribution in [3.63, 3.8) is 0 Å². The Balaban J connectivity index is 1.67. The summed E-state index contributed by atoms with van der Waals surface area (Å²) in [5, 5.41) is 20.2. The van der Waals surface area contributed by atoms with Crippen molar-refractivity contribution < 1.29 is 24.5 Å². The second kappa shape index (κ2) is 10.6. The lowest BCUT2D eigenvalue weighted by Crippen LogP contribution is -2.41.